The smallest absolute Gasteiger partial charge is 0.260 e. The maximum Gasteiger partial charge on any atom is 0.260 e. The number of nitriles is 1. The van der Waals surface area contributed by atoms with Gasteiger partial charge in [0.1, 0.15) is 23.5 Å². The van der Waals surface area contributed by atoms with Crippen LogP contribution in [0, 0.1) is 23.0 Å². The summed E-state index contributed by atoms with van der Waals surface area (Å²) in [6.07, 6.45) is 1.04. The normalized spacial score (nSPS) is 13.6. The molecule has 150 valence electrons. The minimum Gasteiger partial charge on any atom is -0.484 e. The molecule has 8 heteroatoms. The van der Waals surface area contributed by atoms with Crippen LogP contribution in [0.2, 0.25) is 0 Å². The fourth-order valence-electron chi connectivity index (χ4n) is 3.13. The van der Waals surface area contributed by atoms with Gasteiger partial charge >= 0.3 is 0 Å². The molecule has 0 unspecified atom stereocenters. The molecule has 0 aromatic heterocycles. The summed E-state index contributed by atoms with van der Waals surface area (Å²) in [5, 5.41) is 9.00. The molecule has 0 saturated carbocycles. The molecular formula is C21H19F2N3O3. The number of ether oxygens (including phenoxy) is 1. The van der Waals surface area contributed by atoms with Gasteiger partial charge in [-0.15, -0.1) is 0 Å². The van der Waals surface area contributed by atoms with Gasteiger partial charge in [0.2, 0.25) is 0 Å². The summed E-state index contributed by atoms with van der Waals surface area (Å²) in [6.45, 7) is 0.745. The first-order chi connectivity index (χ1) is 14.0. The Morgan fingerprint density at radius 2 is 1.83 bits per heavy atom. The van der Waals surface area contributed by atoms with Crippen LogP contribution in [-0.4, -0.2) is 30.5 Å². The Bertz CT molecular complexity index is 958. The van der Waals surface area contributed by atoms with Crippen molar-refractivity contribution in [3.8, 4) is 11.8 Å². The summed E-state index contributed by atoms with van der Waals surface area (Å²) in [5.41, 5.74) is 1.30. The lowest BCUT2D eigenvalue weighted by Gasteiger charge is -2.29. The molecule has 1 aliphatic heterocycles. The molecule has 0 atom stereocenters. The zero-order valence-electron chi connectivity index (χ0n) is 15.5. The minimum absolute atomic E-state index is 0.0943. The molecule has 0 radical (unpaired) electrons. The number of nitrogens with two attached hydrogens (primary N) is 1. The third-order valence-corrected chi connectivity index (χ3v) is 4.68. The van der Waals surface area contributed by atoms with E-state index in [9.17, 15) is 13.6 Å². The SMILES string of the molecule is N#Cc1cc(C(ON)=C2CCN(C(=O)COc3ccc(F)cc3)CC2)ccc1F. The molecule has 0 bridgehead atoms. The topological polar surface area (TPSA) is 88.6 Å². The number of carbonyl (C=O) groups excluding carboxylic acids is 1. The van der Waals surface area contributed by atoms with Gasteiger partial charge in [0.15, 0.2) is 12.4 Å². The van der Waals surface area contributed by atoms with E-state index in [4.69, 9.17) is 20.7 Å². The number of benzene rings is 2. The summed E-state index contributed by atoms with van der Waals surface area (Å²) in [7, 11) is 0. The second-order valence-corrected chi connectivity index (χ2v) is 6.48. The van der Waals surface area contributed by atoms with Crippen molar-refractivity contribution in [2.24, 2.45) is 5.90 Å². The second kappa shape index (κ2) is 9.17. The third-order valence-electron chi connectivity index (χ3n) is 4.68. The molecule has 0 aliphatic carbocycles. The predicted molar refractivity (Wildman–Crippen MR) is 101 cm³/mol. The summed E-state index contributed by atoms with van der Waals surface area (Å²) < 4.78 is 31.8. The van der Waals surface area contributed by atoms with E-state index < -0.39 is 5.82 Å². The number of rotatable bonds is 5. The molecule has 3 rings (SSSR count). The second-order valence-electron chi connectivity index (χ2n) is 6.48. The van der Waals surface area contributed by atoms with Gasteiger partial charge in [-0.25, -0.2) is 8.78 Å². The number of piperidine rings is 1. The number of amides is 1. The highest BCUT2D eigenvalue weighted by Gasteiger charge is 2.23. The Hall–Kier alpha value is -3.44. The van der Waals surface area contributed by atoms with Crippen LogP contribution in [0.1, 0.15) is 24.0 Å². The van der Waals surface area contributed by atoms with Gasteiger partial charge < -0.3 is 14.5 Å². The van der Waals surface area contributed by atoms with Crippen molar-refractivity contribution >= 4 is 11.7 Å². The number of hydrogen-bond donors (Lipinski definition) is 1. The molecule has 2 aromatic rings. The summed E-state index contributed by atoms with van der Waals surface area (Å²) >= 11 is 0. The van der Waals surface area contributed by atoms with E-state index in [1.807, 2.05) is 0 Å². The highest BCUT2D eigenvalue weighted by Crippen LogP contribution is 2.28. The molecule has 6 nitrogen and oxygen atoms in total. The van der Waals surface area contributed by atoms with Crippen molar-refractivity contribution in [2.45, 2.75) is 12.8 Å². The van der Waals surface area contributed by atoms with E-state index in [0.29, 0.717) is 43.0 Å². The van der Waals surface area contributed by atoms with Gasteiger partial charge in [-0.3, -0.25) is 4.79 Å². The van der Waals surface area contributed by atoms with Gasteiger partial charge in [-0.2, -0.15) is 11.2 Å². The zero-order chi connectivity index (χ0) is 20.8. The van der Waals surface area contributed by atoms with Gasteiger partial charge in [0, 0.05) is 18.7 Å². The molecule has 1 fully saturated rings. The van der Waals surface area contributed by atoms with Crippen LogP contribution in [0.5, 0.6) is 5.75 Å². The number of nitrogens with zero attached hydrogens (tertiary/aromatic N) is 2. The van der Waals surface area contributed by atoms with Crippen LogP contribution in [0.3, 0.4) is 0 Å². The molecular weight excluding hydrogens is 380 g/mol. The van der Waals surface area contributed by atoms with Crippen LogP contribution in [-0.2, 0) is 9.63 Å². The average molecular weight is 399 g/mol. The quantitative estimate of drug-likeness (QED) is 0.616. The minimum atomic E-state index is -0.612. The van der Waals surface area contributed by atoms with Crippen molar-refractivity contribution in [2.75, 3.05) is 19.7 Å². The van der Waals surface area contributed by atoms with Crippen molar-refractivity contribution in [1.82, 2.24) is 4.90 Å². The molecule has 29 heavy (non-hydrogen) atoms. The fraction of sp³-hybridized carbons (Fsp3) is 0.238. The summed E-state index contributed by atoms with van der Waals surface area (Å²) in [5.74, 6) is 5.05. The Morgan fingerprint density at radius 1 is 1.14 bits per heavy atom. The van der Waals surface area contributed by atoms with Crippen LogP contribution >= 0.6 is 0 Å². The van der Waals surface area contributed by atoms with Gasteiger partial charge in [-0.1, -0.05) is 0 Å². The largest absolute Gasteiger partial charge is 0.484 e. The maximum absolute atomic E-state index is 13.5. The Morgan fingerprint density at radius 3 is 2.45 bits per heavy atom. The first-order valence-corrected chi connectivity index (χ1v) is 8.96. The zero-order valence-corrected chi connectivity index (χ0v) is 15.5. The van der Waals surface area contributed by atoms with E-state index in [1.54, 1.807) is 11.0 Å². The third kappa shape index (κ3) is 4.89. The molecule has 1 amide bonds. The first kappa shape index (κ1) is 20.3. The van der Waals surface area contributed by atoms with Crippen LogP contribution < -0.4 is 10.6 Å². The summed E-state index contributed by atoms with van der Waals surface area (Å²) in [6, 6.07) is 11.3. The Balaban J connectivity index is 1.62. The molecule has 2 aromatic carbocycles. The Kier molecular flexibility index (Phi) is 6.42. The number of halogens is 2. The van der Waals surface area contributed by atoms with E-state index in [1.165, 1.54) is 42.5 Å². The van der Waals surface area contributed by atoms with Gasteiger partial charge in [-0.05, 0) is 60.9 Å². The number of carbonyl (C=O) groups is 1. The number of hydrogen-bond acceptors (Lipinski definition) is 5. The first-order valence-electron chi connectivity index (χ1n) is 8.96. The van der Waals surface area contributed by atoms with Crippen LogP contribution in [0.4, 0.5) is 8.78 Å². The molecule has 1 heterocycles. The highest BCUT2D eigenvalue weighted by atomic mass is 19.1. The number of likely N-dealkylation sites (tertiary alicyclic amines) is 1. The van der Waals surface area contributed by atoms with Crippen LogP contribution in [0.15, 0.2) is 48.0 Å². The van der Waals surface area contributed by atoms with Crippen LogP contribution in [0.25, 0.3) is 5.76 Å². The standard InChI is InChI=1S/C21H19F2N3O3/c22-17-2-4-18(5-3-17)28-13-20(27)26-9-7-14(8-10-26)21(29-25)15-1-6-19(23)16(11-15)12-24/h1-6,11H,7-10,13,25H2. The van der Waals surface area contributed by atoms with Crippen molar-refractivity contribution in [3.63, 3.8) is 0 Å². The highest BCUT2D eigenvalue weighted by molar-refractivity contribution is 5.78. The van der Waals surface area contributed by atoms with Gasteiger partial charge in [0.25, 0.3) is 5.91 Å². The summed E-state index contributed by atoms with van der Waals surface area (Å²) in [4.78, 5) is 19.0. The monoisotopic (exact) mass is 399 g/mol. The van der Waals surface area contributed by atoms with Crippen molar-refractivity contribution in [1.29, 1.82) is 5.26 Å². The lowest BCUT2D eigenvalue weighted by Crippen LogP contribution is -2.39. The maximum atomic E-state index is 13.5. The Labute approximate surface area is 166 Å². The predicted octanol–water partition coefficient (Wildman–Crippen LogP) is 3.14. The lowest BCUT2D eigenvalue weighted by atomic mass is 9.98. The van der Waals surface area contributed by atoms with Crippen molar-refractivity contribution < 1.29 is 23.1 Å². The molecule has 2 N–H and O–H groups in total. The lowest BCUT2D eigenvalue weighted by molar-refractivity contribution is -0.133. The van der Waals surface area contributed by atoms with E-state index in [-0.39, 0.29) is 23.9 Å². The van der Waals surface area contributed by atoms with Crippen molar-refractivity contribution in [3.05, 3.63) is 70.8 Å². The molecule has 1 saturated heterocycles. The van der Waals surface area contributed by atoms with E-state index in [0.717, 1.165) is 5.57 Å². The average Bonchev–Trinajstić information content (AvgIpc) is 2.75. The molecule has 0 spiro atoms. The van der Waals surface area contributed by atoms with E-state index >= 15 is 0 Å². The van der Waals surface area contributed by atoms with Gasteiger partial charge in [0.05, 0.1) is 5.56 Å². The fourth-order valence-corrected chi connectivity index (χ4v) is 3.13. The van der Waals surface area contributed by atoms with E-state index in [2.05, 4.69) is 0 Å². The molecule has 1 aliphatic rings.